The van der Waals surface area contributed by atoms with E-state index in [-0.39, 0.29) is 5.60 Å². The van der Waals surface area contributed by atoms with Gasteiger partial charge < -0.3 is 5.11 Å². The summed E-state index contributed by atoms with van der Waals surface area (Å²) in [5.41, 5.74) is -0.241. The van der Waals surface area contributed by atoms with Gasteiger partial charge in [-0.15, -0.1) is 0 Å². The largest absolute Gasteiger partial charge is 0.390 e. The van der Waals surface area contributed by atoms with Crippen molar-refractivity contribution in [2.75, 3.05) is 0 Å². The molecule has 0 aromatic carbocycles. The van der Waals surface area contributed by atoms with Crippen molar-refractivity contribution in [3.63, 3.8) is 0 Å². The first-order chi connectivity index (χ1) is 4.21. The van der Waals surface area contributed by atoms with Crippen molar-refractivity contribution in [1.29, 1.82) is 0 Å². The van der Waals surface area contributed by atoms with Crippen molar-refractivity contribution in [1.82, 2.24) is 0 Å². The highest BCUT2D eigenvalue weighted by Crippen LogP contribution is 2.74. The van der Waals surface area contributed by atoms with Gasteiger partial charge in [-0.25, -0.2) is 0 Å². The topological polar surface area (TPSA) is 20.2 Å². The van der Waals surface area contributed by atoms with Crippen molar-refractivity contribution in [3.8, 4) is 0 Å². The Kier molecular flexibility index (Phi) is 0.508. The number of hydrogen-bond acceptors (Lipinski definition) is 1. The van der Waals surface area contributed by atoms with Crippen LogP contribution >= 0.6 is 0 Å². The molecule has 0 aromatic heterocycles. The van der Waals surface area contributed by atoms with Gasteiger partial charge in [0, 0.05) is 0 Å². The Bertz CT molecular complexity index is 157. The van der Waals surface area contributed by atoms with E-state index in [0.717, 1.165) is 17.8 Å². The van der Waals surface area contributed by atoms with Crippen LogP contribution in [-0.2, 0) is 0 Å². The molecular weight excluding hydrogens is 112 g/mol. The average molecular weight is 124 g/mol. The quantitative estimate of drug-likeness (QED) is 0.511. The summed E-state index contributed by atoms with van der Waals surface area (Å²) in [6.07, 6.45) is 2.67. The molecule has 0 heterocycles. The fraction of sp³-hybridized carbons (Fsp3) is 1.00. The SMILES string of the molecule is C[C@]1(O)C2C[C@H]3C1[C@@H]3C2. The maximum absolute atomic E-state index is 9.81. The third-order valence-corrected chi connectivity index (χ3v) is 3.95. The monoisotopic (exact) mass is 124 g/mol. The lowest BCUT2D eigenvalue weighted by Gasteiger charge is -2.20. The molecular formula is C8H12O. The predicted octanol–water partition coefficient (Wildman–Crippen LogP) is 1.02. The molecule has 0 aliphatic heterocycles. The minimum absolute atomic E-state index is 0.241. The van der Waals surface area contributed by atoms with Crippen LogP contribution in [0.2, 0.25) is 0 Å². The molecule has 0 aromatic rings. The summed E-state index contributed by atoms with van der Waals surface area (Å²) in [6, 6.07) is 0. The zero-order valence-corrected chi connectivity index (χ0v) is 5.67. The van der Waals surface area contributed by atoms with E-state index in [0.29, 0.717) is 5.92 Å². The van der Waals surface area contributed by atoms with Crippen molar-refractivity contribution in [3.05, 3.63) is 0 Å². The summed E-state index contributed by atoms with van der Waals surface area (Å²) >= 11 is 0. The van der Waals surface area contributed by atoms with E-state index in [1.807, 2.05) is 6.92 Å². The van der Waals surface area contributed by atoms with Crippen LogP contribution < -0.4 is 0 Å². The summed E-state index contributed by atoms with van der Waals surface area (Å²) in [7, 11) is 0. The molecule has 4 fully saturated rings. The standard InChI is InChI=1S/C8H12O/c1-8(9)4-2-5-6(3-4)7(5)8/h4-7,9H,2-3H2,1H3/t4?,5-,6-,7?,8+/m1/s1. The Morgan fingerprint density at radius 2 is 1.89 bits per heavy atom. The van der Waals surface area contributed by atoms with Crippen LogP contribution in [0.3, 0.4) is 0 Å². The van der Waals surface area contributed by atoms with Gasteiger partial charge in [0.1, 0.15) is 0 Å². The molecule has 4 aliphatic rings. The third kappa shape index (κ3) is 0.315. The number of hydrogen-bond donors (Lipinski definition) is 1. The van der Waals surface area contributed by atoms with Crippen LogP contribution in [0, 0.1) is 23.7 Å². The predicted molar refractivity (Wildman–Crippen MR) is 33.8 cm³/mol. The van der Waals surface area contributed by atoms with E-state index in [9.17, 15) is 5.11 Å². The molecule has 9 heavy (non-hydrogen) atoms. The zero-order chi connectivity index (χ0) is 6.22. The lowest BCUT2D eigenvalue weighted by atomic mass is 9.95. The summed E-state index contributed by atoms with van der Waals surface area (Å²) in [5, 5.41) is 9.81. The van der Waals surface area contributed by atoms with Crippen molar-refractivity contribution < 1.29 is 5.11 Å². The van der Waals surface area contributed by atoms with E-state index < -0.39 is 0 Å². The minimum atomic E-state index is -0.241. The van der Waals surface area contributed by atoms with Gasteiger partial charge in [0.2, 0.25) is 0 Å². The van der Waals surface area contributed by atoms with Gasteiger partial charge in [0.05, 0.1) is 5.60 Å². The lowest BCUT2D eigenvalue weighted by molar-refractivity contribution is 0.0213. The highest BCUT2D eigenvalue weighted by Gasteiger charge is 2.73. The van der Waals surface area contributed by atoms with Crippen LogP contribution in [0.15, 0.2) is 0 Å². The Morgan fingerprint density at radius 3 is 2.00 bits per heavy atom. The Balaban J connectivity index is 2.12. The van der Waals surface area contributed by atoms with Gasteiger partial charge in [-0.05, 0) is 43.4 Å². The molecule has 0 saturated heterocycles. The van der Waals surface area contributed by atoms with Gasteiger partial charge in [-0.1, -0.05) is 0 Å². The van der Waals surface area contributed by atoms with Gasteiger partial charge in [0.25, 0.3) is 0 Å². The third-order valence-electron chi connectivity index (χ3n) is 3.95. The summed E-state index contributed by atoms with van der Waals surface area (Å²) in [6.45, 7) is 2.04. The highest BCUT2D eigenvalue weighted by molar-refractivity contribution is 5.22. The Labute approximate surface area is 55.1 Å². The molecule has 3 atom stereocenters. The van der Waals surface area contributed by atoms with E-state index in [1.165, 1.54) is 12.8 Å². The minimum Gasteiger partial charge on any atom is -0.390 e. The maximum atomic E-state index is 9.81. The first-order valence-electron chi connectivity index (χ1n) is 3.93. The summed E-state index contributed by atoms with van der Waals surface area (Å²) in [4.78, 5) is 0. The highest BCUT2D eigenvalue weighted by atomic mass is 16.3. The fourth-order valence-corrected chi connectivity index (χ4v) is 3.46. The van der Waals surface area contributed by atoms with Crippen LogP contribution in [0.5, 0.6) is 0 Å². The molecule has 0 spiro atoms. The first kappa shape index (κ1) is 4.73. The van der Waals surface area contributed by atoms with E-state index in [1.54, 1.807) is 0 Å². The second-order valence-electron chi connectivity index (χ2n) is 4.25. The Morgan fingerprint density at radius 1 is 1.33 bits per heavy atom. The van der Waals surface area contributed by atoms with Crippen LogP contribution in [0.25, 0.3) is 0 Å². The molecule has 1 heteroatoms. The molecule has 4 rings (SSSR count). The van der Waals surface area contributed by atoms with Crippen LogP contribution in [-0.4, -0.2) is 10.7 Å². The van der Waals surface area contributed by atoms with Gasteiger partial charge >= 0.3 is 0 Å². The maximum Gasteiger partial charge on any atom is 0.0681 e. The zero-order valence-electron chi connectivity index (χ0n) is 5.67. The van der Waals surface area contributed by atoms with Crippen molar-refractivity contribution >= 4 is 0 Å². The molecule has 4 saturated carbocycles. The van der Waals surface area contributed by atoms with Crippen LogP contribution in [0.1, 0.15) is 19.8 Å². The van der Waals surface area contributed by atoms with Gasteiger partial charge in [0.15, 0.2) is 0 Å². The van der Waals surface area contributed by atoms with E-state index in [4.69, 9.17) is 0 Å². The van der Waals surface area contributed by atoms with Gasteiger partial charge in [-0.3, -0.25) is 0 Å². The molecule has 50 valence electrons. The number of rotatable bonds is 0. The lowest BCUT2D eigenvalue weighted by Crippen LogP contribution is -2.28. The molecule has 1 nitrogen and oxygen atoms in total. The van der Waals surface area contributed by atoms with E-state index in [2.05, 4.69) is 0 Å². The molecule has 1 N–H and O–H groups in total. The van der Waals surface area contributed by atoms with Crippen molar-refractivity contribution in [2.24, 2.45) is 23.7 Å². The average Bonchev–Trinajstić information content (AvgIpc) is 2.17. The molecule has 0 radical (unpaired) electrons. The first-order valence-corrected chi connectivity index (χ1v) is 3.93. The van der Waals surface area contributed by atoms with Crippen LogP contribution in [0.4, 0.5) is 0 Å². The second kappa shape index (κ2) is 0.968. The smallest absolute Gasteiger partial charge is 0.0681 e. The molecule has 0 unspecified atom stereocenters. The normalized spacial score (nSPS) is 75.3. The Hall–Kier alpha value is -0.0400. The van der Waals surface area contributed by atoms with E-state index >= 15 is 0 Å². The second-order valence-corrected chi connectivity index (χ2v) is 4.25. The number of aliphatic hydroxyl groups is 1. The summed E-state index contributed by atoms with van der Waals surface area (Å²) in [5.74, 6) is 3.30. The fourth-order valence-electron chi connectivity index (χ4n) is 3.46. The molecule has 0 amide bonds. The molecule has 4 aliphatic carbocycles. The van der Waals surface area contributed by atoms with Crippen molar-refractivity contribution in [2.45, 2.75) is 25.4 Å². The van der Waals surface area contributed by atoms with Gasteiger partial charge in [-0.2, -0.15) is 0 Å². The molecule has 4 bridgehead atoms. The summed E-state index contributed by atoms with van der Waals surface area (Å²) < 4.78 is 0.